The second-order valence-electron chi connectivity index (χ2n) is 5.66. The number of sulfonamides is 1. The van der Waals surface area contributed by atoms with E-state index in [1.165, 1.54) is 12.1 Å². The topological polar surface area (TPSA) is 88.8 Å². The van der Waals surface area contributed by atoms with Gasteiger partial charge in [0, 0.05) is 19.6 Å². The fourth-order valence-corrected chi connectivity index (χ4v) is 3.51. The van der Waals surface area contributed by atoms with Crippen molar-refractivity contribution in [3.05, 3.63) is 53.8 Å². The lowest BCUT2D eigenvalue weighted by Crippen LogP contribution is -2.40. The van der Waals surface area contributed by atoms with Gasteiger partial charge in [0.05, 0.1) is 13.2 Å². The normalized spacial score (nSPS) is 15.3. The van der Waals surface area contributed by atoms with Gasteiger partial charge < -0.3 is 14.1 Å². The molecule has 1 fully saturated rings. The SMILES string of the molecule is O=C(c1ccc(S(=O)(=O)NCCc2ccccc2)o1)N1CCOCC1. The van der Waals surface area contributed by atoms with Gasteiger partial charge in [-0.2, -0.15) is 0 Å². The maximum atomic E-state index is 12.3. The molecule has 7 nitrogen and oxygen atoms in total. The molecule has 1 aliphatic rings. The van der Waals surface area contributed by atoms with E-state index in [2.05, 4.69) is 4.72 Å². The Hall–Kier alpha value is -2.16. The Labute approximate surface area is 146 Å². The summed E-state index contributed by atoms with van der Waals surface area (Å²) in [6.45, 7) is 2.13. The average Bonchev–Trinajstić information content (AvgIpc) is 3.14. The molecule has 3 rings (SSSR count). The summed E-state index contributed by atoms with van der Waals surface area (Å²) in [7, 11) is -3.79. The molecule has 0 radical (unpaired) electrons. The molecule has 1 amide bonds. The Morgan fingerprint density at radius 2 is 1.80 bits per heavy atom. The number of amides is 1. The largest absolute Gasteiger partial charge is 0.438 e. The average molecular weight is 364 g/mol. The van der Waals surface area contributed by atoms with E-state index in [0.717, 1.165) is 5.56 Å². The molecule has 0 aliphatic carbocycles. The van der Waals surface area contributed by atoms with Gasteiger partial charge in [-0.05, 0) is 24.1 Å². The molecule has 0 unspecified atom stereocenters. The van der Waals surface area contributed by atoms with E-state index >= 15 is 0 Å². The highest BCUT2D eigenvalue weighted by Gasteiger charge is 2.25. The molecule has 0 bridgehead atoms. The standard InChI is InChI=1S/C17H20N2O5S/c20-17(19-10-12-23-13-11-19)15-6-7-16(24-15)25(21,22)18-9-8-14-4-2-1-3-5-14/h1-7,18H,8-13H2. The smallest absolute Gasteiger partial charge is 0.289 e. The first-order valence-corrected chi connectivity index (χ1v) is 9.55. The Morgan fingerprint density at radius 1 is 1.08 bits per heavy atom. The van der Waals surface area contributed by atoms with Crippen molar-refractivity contribution in [3.63, 3.8) is 0 Å². The zero-order valence-corrected chi connectivity index (χ0v) is 14.5. The van der Waals surface area contributed by atoms with Gasteiger partial charge in [0.2, 0.25) is 5.09 Å². The van der Waals surface area contributed by atoms with Crippen LogP contribution in [0.4, 0.5) is 0 Å². The zero-order valence-electron chi connectivity index (χ0n) is 13.7. The number of rotatable bonds is 6. The molecule has 1 aromatic carbocycles. The van der Waals surface area contributed by atoms with Crippen LogP contribution in [0.5, 0.6) is 0 Å². The van der Waals surface area contributed by atoms with Crippen LogP contribution >= 0.6 is 0 Å². The van der Waals surface area contributed by atoms with Crippen LogP contribution in [0.25, 0.3) is 0 Å². The van der Waals surface area contributed by atoms with Crippen LogP contribution < -0.4 is 4.72 Å². The molecule has 8 heteroatoms. The van der Waals surface area contributed by atoms with E-state index < -0.39 is 10.0 Å². The quantitative estimate of drug-likeness (QED) is 0.834. The Balaban J connectivity index is 1.60. The maximum absolute atomic E-state index is 12.3. The first-order chi connectivity index (χ1) is 12.1. The number of carbonyl (C=O) groups is 1. The maximum Gasteiger partial charge on any atom is 0.289 e. The van der Waals surface area contributed by atoms with E-state index in [0.29, 0.717) is 32.7 Å². The van der Waals surface area contributed by atoms with Gasteiger partial charge in [0.25, 0.3) is 15.9 Å². The van der Waals surface area contributed by atoms with Crippen molar-refractivity contribution in [2.24, 2.45) is 0 Å². The number of hydrogen-bond donors (Lipinski definition) is 1. The van der Waals surface area contributed by atoms with Crippen molar-refractivity contribution >= 4 is 15.9 Å². The van der Waals surface area contributed by atoms with E-state index in [-0.39, 0.29) is 23.3 Å². The van der Waals surface area contributed by atoms with Crippen LogP contribution in [0.1, 0.15) is 16.1 Å². The highest BCUT2D eigenvalue weighted by Crippen LogP contribution is 2.16. The Morgan fingerprint density at radius 3 is 2.52 bits per heavy atom. The first kappa shape index (κ1) is 17.7. The fourth-order valence-electron chi connectivity index (χ4n) is 2.55. The number of ether oxygens (including phenoxy) is 1. The molecule has 2 aromatic rings. The van der Waals surface area contributed by atoms with E-state index in [1.807, 2.05) is 30.3 Å². The van der Waals surface area contributed by atoms with Gasteiger partial charge in [-0.25, -0.2) is 13.1 Å². The molecule has 1 aliphatic heterocycles. The predicted octanol–water partition coefficient (Wildman–Crippen LogP) is 1.27. The predicted molar refractivity (Wildman–Crippen MR) is 90.8 cm³/mol. The lowest BCUT2D eigenvalue weighted by molar-refractivity contribution is 0.0279. The summed E-state index contributed by atoms with van der Waals surface area (Å²) >= 11 is 0. The minimum atomic E-state index is -3.79. The van der Waals surface area contributed by atoms with Gasteiger partial charge in [-0.3, -0.25) is 4.79 Å². The highest BCUT2D eigenvalue weighted by atomic mass is 32.2. The Kier molecular flexibility index (Phi) is 5.52. The summed E-state index contributed by atoms with van der Waals surface area (Å²) < 4.78 is 37.5. The number of carbonyl (C=O) groups excluding carboxylic acids is 1. The number of benzene rings is 1. The summed E-state index contributed by atoms with van der Waals surface area (Å²) in [5, 5.41) is -0.253. The second-order valence-corrected chi connectivity index (χ2v) is 7.35. The third-order valence-electron chi connectivity index (χ3n) is 3.90. The van der Waals surface area contributed by atoms with Crippen molar-refractivity contribution in [2.75, 3.05) is 32.8 Å². The Bertz CT molecular complexity index is 811. The van der Waals surface area contributed by atoms with E-state index in [4.69, 9.17) is 9.15 Å². The highest BCUT2D eigenvalue weighted by molar-refractivity contribution is 7.89. The second kappa shape index (κ2) is 7.81. The summed E-state index contributed by atoms with van der Waals surface area (Å²) in [5.74, 6) is -0.306. The molecule has 2 heterocycles. The van der Waals surface area contributed by atoms with Crippen LogP contribution in [-0.2, 0) is 21.2 Å². The van der Waals surface area contributed by atoms with Crippen LogP contribution in [0.2, 0.25) is 0 Å². The van der Waals surface area contributed by atoms with Gasteiger partial charge in [-0.1, -0.05) is 30.3 Å². The molecule has 1 N–H and O–H groups in total. The van der Waals surface area contributed by atoms with Gasteiger partial charge in [0.15, 0.2) is 5.76 Å². The van der Waals surface area contributed by atoms with Crippen molar-refractivity contribution in [2.45, 2.75) is 11.5 Å². The van der Waals surface area contributed by atoms with Crippen molar-refractivity contribution in [3.8, 4) is 0 Å². The van der Waals surface area contributed by atoms with Crippen LogP contribution in [-0.4, -0.2) is 52.1 Å². The molecule has 1 aromatic heterocycles. The molecule has 0 saturated carbocycles. The lowest BCUT2D eigenvalue weighted by atomic mass is 10.2. The van der Waals surface area contributed by atoms with Crippen LogP contribution in [0, 0.1) is 0 Å². The van der Waals surface area contributed by atoms with Crippen molar-refractivity contribution in [1.29, 1.82) is 0 Å². The van der Waals surface area contributed by atoms with Gasteiger partial charge in [0.1, 0.15) is 0 Å². The van der Waals surface area contributed by atoms with Gasteiger partial charge >= 0.3 is 0 Å². The number of nitrogens with one attached hydrogen (secondary N) is 1. The summed E-state index contributed by atoms with van der Waals surface area (Å²) in [6, 6.07) is 12.3. The molecule has 134 valence electrons. The molecule has 0 atom stereocenters. The van der Waals surface area contributed by atoms with E-state index in [9.17, 15) is 13.2 Å². The molecule has 1 saturated heterocycles. The summed E-state index contributed by atoms with van der Waals surface area (Å²) in [6.07, 6.45) is 0.570. The molecular weight excluding hydrogens is 344 g/mol. The molecule has 0 spiro atoms. The van der Waals surface area contributed by atoms with Gasteiger partial charge in [-0.15, -0.1) is 0 Å². The van der Waals surface area contributed by atoms with Crippen LogP contribution in [0.3, 0.4) is 0 Å². The lowest BCUT2D eigenvalue weighted by Gasteiger charge is -2.25. The zero-order chi connectivity index (χ0) is 17.7. The monoisotopic (exact) mass is 364 g/mol. The minimum absolute atomic E-state index is 0.0188. The van der Waals surface area contributed by atoms with Crippen LogP contribution in [0.15, 0.2) is 52.0 Å². The first-order valence-electron chi connectivity index (χ1n) is 8.07. The summed E-state index contributed by atoms with van der Waals surface area (Å²) in [4.78, 5) is 13.9. The molecular formula is C17H20N2O5S. The molecule has 25 heavy (non-hydrogen) atoms. The van der Waals surface area contributed by atoms with Crippen molar-refractivity contribution < 1.29 is 22.4 Å². The fraction of sp³-hybridized carbons (Fsp3) is 0.353. The number of furan rings is 1. The third kappa shape index (κ3) is 4.47. The number of hydrogen-bond acceptors (Lipinski definition) is 5. The number of morpholine rings is 1. The minimum Gasteiger partial charge on any atom is -0.438 e. The summed E-state index contributed by atoms with van der Waals surface area (Å²) in [5.41, 5.74) is 1.04. The van der Waals surface area contributed by atoms with Crippen molar-refractivity contribution in [1.82, 2.24) is 9.62 Å². The van der Waals surface area contributed by atoms with E-state index in [1.54, 1.807) is 4.90 Å². The third-order valence-corrected chi connectivity index (χ3v) is 5.24. The number of nitrogens with zero attached hydrogens (tertiary/aromatic N) is 1.